The average molecular weight is 445 g/mol. The number of hydrogen-bond acceptors (Lipinski definition) is 5. The maximum atomic E-state index is 12.7. The molecule has 4 rings (SSSR count). The molecular formula is C25H21F2N5O. The number of aromatic nitrogens is 3. The molecule has 0 spiro atoms. The van der Waals surface area contributed by atoms with Crippen molar-refractivity contribution in [1.82, 2.24) is 15.0 Å². The van der Waals surface area contributed by atoms with Gasteiger partial charge in [0.05, 0.1) is 11.3 Å². The first-order valence-electron chi connectivity index (χ1n) is 10.2. The summed E-state index contributed by atoms with van der Waals surface area (Å²) in [6, 6.07) is 15.8. The molecule has 2 N–H and O–H groups in total. The second kappa shape index (κ2) is 9.52. The van der Waals surface area contributed by atoms with Crippen LogP contribution in [0.15, 0.2) is 73.2 Å². The smallest absolute Gasteiger partial charge is 0.280 e. The molecule has 0 fully saturated rings. The summed E-state index contributed by atoms with van der Waals surface area (Å²) in [5, 5.41) is 5.83. The van der Waals surface area contributed by atoms with Crippen molar-refractivity contribution in [3.05, 3.63) is 90.0 Å². The monoisotopic (exact) mass is 445 g/mol. The second-order valence-corrected chi connectivity index (χ2v) is 7.37. The largest absolute Gasteiger partial charge is 0.373 e. The van der Waals surface area contributed by atoms with Crippen LogP contribution >= 0.6 is 0 Å². The van der Waals surface area contributed by atoms with E-state index in [0.717, 1.165) is 46.0 Å². The number of nitrogens with zero attached hydrogens (tertiary/aromatic N) is 3. The fourth-order valence-corrected chi connectivity index (χ4v) is 3.37. The van der Waals surface area contributed by atoms with Gasteiger partial charge in [-0.15, -0.1) is 0 Å². The Morgan fingerprint density at radius 1 is 0.909 bits per heavy atom. The first kappa shape index (κ1) is 22.0. The van der Waals surface area contributed by atoms with E-state index in [2.05, 4.69) is 25.6 Å². The summed E-state index contributed by atoms with van der Waals surface area (Å²) in [6.45, 7) is 1.99. The molecule has 4 aromatic rings. The summed E-state index contributed by atoms with van der Waals surface area (Å²) in [4.78, 5) is 24.9. The Hall–Kier alpha value is -4.20. The number of halogens is 2. The summed E-state index contributed by atoms with van der Waals surface area (Å²) in [6.07, 6.45) is 1.93. The lowest BCUT2D eigenvalue weighted by Gasteiger charge is -2.12. The molecule has 166 valence electrons. The standard InChI is InChI=1S/C25H21F2N5O/c1-15-3-5-19(32-25(33)18-4-6-21(24(26)27)31-14-18)13-20(15)16-7-9-29-22(11-16)17-8-10-30-23(12-17)28-2/h3-14,24H,1-2H3,(H,28,30)(H,32,33). The van der Waals surface area contributed by atoms with Crippen LogP contribution in [0.25, 0.3) is 22.4 Å². The van der Waals surface area contributed by atoms with E-state index in [1.807, 2.05) is 50.4 Å². The molecule has 0 saturated carbocycles. The van der Waals surface area contributed by atoms with Crippen molar-refractivity contribution < 1.29 is 13.6 Å². The minimum Gasteiger partial charge on any atom is -0.373 e. The van der Waals surface area contributed by atoms with Crippen molar-refractivity contribution in [2.45, 2.75) is 13.3 Å². The average Bonchev–Trinajstić information content (AvgIpc) is 2.85. The van der Waals surface area contributed by atoms with Crippen molar-refractivity contribution >= 4 is 17.4 Å². The number of pyridine rings is 3. The lowest BCUT2D eigenvalue weighted by Crippen LogP contribution is -2.12. The van der Waals surface area contributed by atoms with Crippen LogP contribution in [-0.2, 0) is 0 Å². The first-order chi connectivity index (χ1) is 15.9. The van der Waals surface area contributed by atoms with Gasteiger partial charge in [0.15, 0.2) is 0 Å². The number of rotatable bonds is 6. The molecule has 3 heterocycles. The molecule has 0 aliphatic heterocycles. The predicted molar refractivity (Wildman–Crippen MR) is 124 cm³/mol. The molecule has 0 unspecified atom stereocenters. The van der Waals surface area contributed by atoms with Gasteiger partial charge < -0.3 is 10.6 Å². The predicted octanol–water partition coefficient (Wildman–Crippen LogP) is 5.75. The van der Waals surface area contributed by atoms with Crippen LogP contribution in [0.3, 0.4) is 0 Å². The third kappa shape index (κ3) is 5.01. The minimum absolute atomic E-state index is 0.200. The van der Waals surface area contributed by atoms with E-state index in [-0.39, 0.29) is 11.3 Å². The van der Waals surface area contributed by atoms with Gasteiger partial charge in [0.2, 0.25) is 0 Å². The van der Waals surface area contributed by atoms with E-state index in [1.165, 1.54) is 6.07 Å². The highest BCUT2D eigenvalue weighted by Crippen LogP contribution is 2.30. The van der Waals surface area contributed by atoms with Gasteiger partial charge in [0.1, 0.15) is 11.5 Å². The van der Waals surface area contributed by atoms with Gasteiger partial charge in [-0.05, 0) is 72.1 Å². The van der Waals surface area contributed by atoms with Crippen LogP contribution in [0.1, 0.15) is 28.0 Å². The molecule has 1 amide bonds. The van der Waals surface area contributed by atoms with E-state index < -0.39 is 12.3 Å². The highest BCUT2D eigenvalue weighted by molar-refractivity contribution is 6.04. The maximum absolute atomic E-state index is 12.7. The minimum atomic E-state index is -2.68. The van der Waals surface area contributed by atoms with Crippen LogP contribution < -0.4 is 10.6 Å². The highest BCUT2D eigenvalue weighted by Gasteiger charge is 2.13. The highest BCUT2D eigenvalue weighted by atomic mass is 19.3. The molecule has 6 nitrogen and oxygen atoms in total. The van der Waals surface area contributed by atoms with Gasteiger partial charge in [0, 0.05) is 36.9 Å². The van der Waals surface area contributed by atoms with E-state index >= 15 is 0 Å². The van der Waals surface area contributed by atoms with Gasteiger partial charge in [-0.1, -0.05) is 6.07 Å². The summed E-state index contributed by atoms with van der Waals surface area (Å²) in [5.74, 6) is 0.321. The molecule has 0 aliphatic carbocycles. The molecule has 0 atom stereocenters. The topological polar surface area (TPSA) is 79.8 Å². The first-order valence-corrected chi connectivity index (χ1v) is 10.2. The summed E-state index contributed by atoms with van der Waals surface area (Å²) < 4.78 is 25.4. The lowest BCUT2D eigenvalue weighted by atomic mass is 9.99. The Morgan fingerprint density at radius 2 is 1.70 bits per heavy atom. The van der Waals surface area contributed by atoms with Gasteiger partial charge in [-0.25, -0.2) is 13.8 Å². The fourth-order valence-electron chi connectivity index (χ4n) is 3.37. The molecule has 0 bridgehead atoms. The molecule has 33 heavy (non-hydrogen) atoms. The fraction of sp³-hybridized carbons (Fsp3) is 0.120. The third-order valence-electron chi connectivity index (χ3n) is 5.15. The molecule has 0 radical (unpaired) electrons. The van der Waals surface area contributed by atoms with Crippen LogP contribution in [-0.4, -0.2) is 27.9 Å². The quantitative estimate of drug-likeness (QED) is 0.395. The molecule has 3 aromatic heterocycles. The van der Waals surface area contributed by atoms with Crippen LogP contribution in [0.2, 0.25) is 0 Å². The lowest BCUT2D eigenvalue weighted by molar-refractivity contribution is 0.102. The Morgan fingerprint density at radius 3 is 2.42 bits per heavy atom. The van der Waals surface area contributed by atoms with E-state index in [4.69, 9.17) is 0 Å². The number of anilines is 2. The third-order valence-corrected chi connectivity index (χ3v) is 5.15. The number of alkyl halides is 2. The Kier molecular flexibility index (Phi) is 6.35. The summed E-state index contributed by atoms with van der Waals surface area (Å²) in [5.41, 5.74) is 5.05. The number of amides is 1. The molecule has 0 aliphatic rings. The van der Waals surface area contributed by atoms with Crippen molar-refractivity contribution in [3.8, 4) is 22.4 Å². The summed E-state index contributed by atoms with van der Waals surface area (Å²) in [7, 11) is 1.81. The maximum Gasteiger partial charge on any atom is 0.280 e. The van der Waals surface area contributed by atoms with Crippen LogP contribution in [0.5, 0.6) is 0 Å². The van der Waals surface area contributed by atoms with E-state index in [9.17, 15) is 13.6 Å². The van der Waals surface area contributed by atoms with Crippen molar-refractivity contribution in [1.29, 1.82) is 0 Å². The van der Waals surface area contributed by atoms with Crippen molar-refractivity contribution in [2.24, 2.45) is 0 Å². The number of carbonyl (C=O) groups is 1. The number of carbonyl (C=O) groups excluding carboxylic acids is 1. The van der Waals surface area contributed by atoms with Crippen LogP contribution in [0.4, 0.5) is 20.3 Å². The molecule has 0 saturated heterocycles. The van der Waals surface area contributed by atoms with Gasteiger partial charge in [-0.3, -0.25) is 14.8 Å². The zero-order valence-corrected chi connectivity index (χ0v) is 18.0. The van der Waals surface area contributed by atoms with Gasteiger partial charge >= 0.3 is 0 Å². The second-order valence-electron chi connectivity index (χ2n) is 7.37. The normalized spacial score (nSPS) is 10.8. The number of nitrogens with one attached hydrogen (secondary N) is 2. The van der Waals surface area contributed by atoms with Gasteiger partial charge in [-0.2, -0.15) is 0 Å². The van der Waals surface area contributed by atoms with E-state index in [1.54, 1.807) is 18.5 Å². The Bertz CT molecular complexity index is 1290. The summed E-state index contributed by atoms with van der Waals surface area (Å²) >= 11 is 0. The number of aryl methyl sites for hydroxylation is 1. The van der Waals surface area contributed by atoms with Crippen molar-refractivity contribution in [3.63, 3.8) is 0 Å². The van der Waals surface area contributed by atoms with Crippen molar-refractivity contribution in [2.75, 3.05) is 17.7 Å². The number of hydrogen-bond donors (Lipinski definition) is 2. The SMILES string of the molecule is CNc1cc(-c2cc(-c3cc(NC(=O)c4ccc(C(F)F)nc4)ccc3C)ccn2)ccn1. The molecule has 8 heteroatoms. The molecular weight excluding hydrogens is 424 g/mol. The van der Waals surface area contributed by atoms with Crippen LogP contribution in [0, 0.1) is 6.92 Å². The Labute approximate surface area is 189 Å². The van der Waals surface area contributed by atoms with E-state index in [0.29, 0.717) is 5.69 Å². The zero-order chi connectivity index (χ0) is 23.4. The number of benzene rings is 1. The zero-order valence-electron chi connectivity index (χ0n) is 18.0. The molecule has 1 aromatic carbocycles. The Balaban J connectivity index is 1.60. The van der Waals surface area contributed by atoms with Gasteiger partial charge in [0.25, 0.3) is 12.3 Å².